The third kappa shape index (κ3) is 6.54. The van der Waals surface area contributed by atoms with Gasteiger partial charge >= 0.3 is 6.18 Å². The van der Waals surface area contributed by atoms with Gasteiger partial charge in [-0.1, -0.05) is 11.6 Å². The molecule has 0 aromatic carbocycles. The second-order valence-corrected chi connectivity index (χ2v) is 7.15. The van der Waals surface area contributed by atoms with Crippen LogP contribution in [0.1, 0.15) is 28.9 Å². The number of methoxy groups -OCH3 is 1. The van der Waals surface area contributed by atoms with Crippen LogP contribution < -0.4 is 5.32 Å². The van der Waals surface area contributed by atoms with Gasteiger partial charge in [-0.05, 0) is 18.6 Å². The summed E-state index contributed by atoms with van der Waals surface area (Å²) in [6.07, 6.45) is -2.93. The molecule has 2 heterocycles. The lowest BCUT2D eigenvalue weighted by Crippen LogP contribution is -2.43. The maximum absolute atomic E-state index is 12.5. The molecule has 0 spiro atoms. The number of ether oxygens (including phenoxy) is 1. The number of aromatic nitrogens is 2. The Hall–Kier alpha value is -2.04. The molecule has 1 unspecified atom stereocenters. The number of pyridine rings is 1. The number of Topliss-reactive ketones (excluding diaryl/α,β-unsaturated/α-hetero) is 1. The SMILES string of the molecule is COCC(NC(=O)c1sc(-c2cccnc2)nc1Cl)C(=O)CCCC(F)(F)F. The summed E-state index contributed by atoms with van der Waals surface area (Å²) >= 11 is 7.06. The van der Waals surface area contributed by atoms with Crippen LogP contribution >= 0.6 is 22.9 Å². The fourth-order valence-corrected chi connectivity index (χ4v) is 3.48. The number of thiazole rings is 1. The van der Waals surface area contributed by atoms with E-state index in [2.05, 4.69) is 15.3 Å². The van der Waals surface area contributed by atoms with Gasteiger partial charge in [0.1, 0.15) is 15.9 Å². The van der Waals surface area contributed by atoms with Crippen molar-refractivity contribution in [3.05, 3.63) is 34.6 Å². The highest BCUT2D eigenvalue weighted by atomic mass is 35.5. The molecular formula is C17H17ClF3N3O3S. The van der Waals surface area contributed by atoms with Gasteiger partial charge < -0.3 is 10.1 Å². The minimum Gasteiger partial charge on any atom is -0.382 e. The fourth-order valence-electron chi connectivity index (χ4n) is 2.30. The Kier molecular flexibility index (Phi) is 7.90. The van der Waals surface area contributed by atoms with E-state index in [0.29, 0.717) is 10.6 Å². The van der Waals surface area contributed by atoms with E-state index in [0.717, 1.165) is 11.3 Å². The molecule has 0 fully saturated rings. The molecule has 0 bridgehead atoms. The summed E-state index contributed by atoms with van der Waals surface area (Å²) < 4.78 is 41.6. The molecule has 1 atom stereocenters. The van der Waals surface area contributed by atoms with Crippen LogP contribution in [0.4, 0.5) is 13.2 Å². The number of amides is 1. The van der Waals surface area contributed by atoms with Crippen LogP contribution in [0, 0.1) is 0 Å². The van der Waals surface area contributed by atoms with Crippen molar-refractivity contribution in [1.82, 2.24) is 15.3 Å². The highest BCUT2D eigenvalue weighted by molar-refractivity contribution is 7.17. The molecule has 2 rings (SSSR count). The Morgan fingerprint density at radius 2 is 2.14 bits per heavy atom. The summed E-state index contributed by atoms with van der Waals surface area (Å²) in [7, 11) is 1.32. The second kappa shape index (κ2) is 9.94. The van der Waals surface area contributed by atoms with Crippen LogP contribution in [0.2, 0.25) is 5.15 Å². The van der Waals surface area contributed by atoms with Crippen molar-refractivity contribution >= 4 is 34.6 Å². The number of rotatable bonds is 9. The average molecular weight is 436 g/mol. The predicted molar refractivity (Wildman–Crippen MR) is 98.4 cm³/mol. The lowest BCUT2D eigenvalue weighted by molar-refractivity contribution is -0.137. The van der Waals surface area contributed by atoms with Crippen LogP contribution in [0.15, 0.2) is 24.5 Å². The van der Waals surface area contributed by atoms with Gasteiger partial charge in [-0.15, -0.1) is 11.3 Å². The van der Waals surface area contributed by atoms with Crippen molar-refractivity contribution in [2.45, 2.75) is 31.5 Å². The van der Waals surface area contributed by atoms with Crippen molar-refractivity contribution in [3.8, 4) is 10.6 Å². The average Bonchev–Trinajstić information content (AvgIpc) is 3.03. The monoisotopic (exact) mass is 435 g/mol. The fraction of sp³-hybridized carbons (Fsp3) is 0.412. The molecule has 0 saturated heterocycles. The van der Waals surface area contributed by atoms with Gasteiger partial charge in [0.25, 0.3) is 5.91 Å². The minimum atomic E-state index is -4.33. The minimum absolute atomic E-state index is 0.0398. The van der Waals surface area contributed by atoms with Crippen LogP contribution in [0.3, 0.4) is 0 Å². The van der Waals surface area contributed by atoms with Crippen molar-refractivity contribution in [1.29, 1.82) is 0 Å². The van der Waals surface area contributed by atoms with Gasteiger partial charge in [-0.2, -0.15) is 13.2 Å². The summed E-state index contributed by atoms with van der Waals surface area (Å²) in [6, 6.07) is 2.38. The highest BCUT2D eigenvalue weighted by Gasteiger charge is 2.29. The van der Waals surface area contributed by atoms with E-state index in [4.69, 9.17) is 16.3 Å². The van der Waals surface area contributed by atoms with Gasteiger partial charge in [0.2, 0.25) is 0 Å². The van der Waals surface area contributed by atoms with E-state index in [1.54, 1.807) is 24.5 Å². The molecule has 6 nitrogen and oxygen atoms in total. The van der Waals surface area contributed by atoms with Crippen LogP contribution in [0.5, 0.6) is 0 Å². The first-order valence-electron chi connectivity index (χ1n) is 8.17. The van der Waals surface area contributed by atoms with E-state index in [-0.39, 0.29) is 29.5 Å². The Labute approximate surface area is 168 Å². The first-order valence-corrected chi connectivity index (χ1v) is 9.36. The number of alkyl halides is 3. The summed E-state index contributed by atoms with van der Waals surface area (Å²) in [5.41, 5.74) is 0.671. The van der Waals surface area contributed by atoms with E-state index in [9.17, 15) is 22.8 Å². The molecule has 1 N–H and O–H groups in total. The zero-order valence-electron chi connectivity index (χ0n) is 14.8. The Morgan fingerprint density at radius 3 is 2.75 bits per heavy atom. The molecule has 152 valence electrons. The third-order valence-electron chi connectivity index (χ3n) is 3.61. The Bertz CT molecular complexity index is 815. The maximum Gasteiger partial charge on any atom is 0.389 e. The van der Waals surface area contributed by atoms with Crippen LogP contribution in [-0.4, -0.2) is 47.6 Å². The Balaban J connectivity index is 2.05. The van der Waals surface area contributed by atoms with Crippen molar-refractivity contribution < 1.29 is 27.5 Å². The first-order chi connectivity index (χ1) is 13.2. The maximum atomic E-state index is 12.5. The number of hydrogen-bond acceptors (Lipinski definition) is 6. The highest BCUT2D eigenvalue weighted by Crippen LogP contribution is 2.30. The van der Waals surface area contributed by atoms with E-state index >= 15 is 0 Å². The molecule has 0 saturated carbocycles. The van der Waals surface area contributed by atoms with E-state index < -0.39 is 30.3 Å². The molecule has 0 aliphatic rings. The third-order valence-corrected chi connectivity index (χ3v) is 5.10. The van der Waals surface area contributed by atoms with Gasteiger partial charge in [-0.3, -0.25) is 14.6 Å². The molecule has 2 aromatic rings. The second-order valence-electron chi connectivity index (χ2n) is 5.80. The molecule has 2 aromatic heterocycles. The molecule has 1 amide bonds. The number of nitrogens with one attached hydrogen (secondary N) is 1. The molecular weight excluding hydrogens is 419 g/mol. The summed E-state index contributed by atoms with van der Waals surface area (Å²) in [6.45, 7) is -0.164. The largest absolute Gasteiger partial charge is 0.389 e. The smallest absolute Gasteiger partial charge is 0.382 e. The Morgan fingerprint density at radius 1 is 1.39 bits per heavy atom. The van der Waals surface area contributed by atoms with E-state index in [1.807, 2.05) is 0 Å². The summed E-state index contributed by atoms with van der Waals surface area (Å²) in [4.78, 5) is 32.9. The quantitative estimate of drug-likeness (QED) is 0.646. The van der Waals surface area contributed by atoms with Crippen LogP contribution in [-0.2, 0) is 9.53 Å². The van der Waals surface area contributed by atoms with Crippen molar-refractivity contribution in [2.24, 2.45) is 0 Å². The molecule has 0 aliphatic carbocycles. The summed E-state index contributed by atoms with van der Waals surface area (Å²) in [5.74, 6) is -1.20. The molecule has 28 heavy (non-hydrogen) atoms. The predicted octanol–water partition coefficient (Wildman–Crippen LogP) is 3.91. The number of carbonyl (C=O) groups is 2. The first kappa shape index (κ1) is 22.3. The van der Waals surface area contributed by atoms with Gasteiger partial charge in [0.05, 0.1) is 6.61 Å². The molecule has 0 radical (unpaired) electrons. The number of hydrogen-bond donors (Lipinski definition) is 1. The number of halogens is 4. The van der Waals surface area contributed by atoms with Gasteiger partial charge in [0, 0.05) is 37.9 Å². The number of ketones is 1. The molecule has 0 aliphatic heterocycles. The van der Waals surface area contributed by atoms with E-state index in [1.165, 1.54) is 7.11 Å². The topological polar surface area (TPSA) is 81.2 Å². The summed E-state index contributed by atoms with van der Waals surface area (Å²) in [5, 5.41) is 2.90. The van der Waals surface area contributed by atoms with Crippen molar-refractivity contribution in [2.75, 3.05) is 13.7 Å². The zero-order valence-corrected chi connectivity index (χ0v) is 16.3. The lowest BCUT2D eigenvalue weighted by atomic mass is 10.1. The standard InChI is InChI=1S/C17H17ClF3N3O3S/c1-27-9-11(12(25)5-2-6-17(19,20)21)23-15(26)13-14(18)24-16(28-13)10-4-3-7-22-8-10/h3-4,7-8,11H,2,5-6,9H2,1H3,(H,23,26). The van der Waals surface area contributed by atoms with Gasteiger partial charge in [0.15, 0.2) is 10.9 Å². The van der Waals surface area contributed by atoms with Crippen LogP contribution in [0.25, 0.3) is 10.6 Å². The van der Waals surface area contributed by atoms with Gasteiger partial charge in [-0.25, -0.2) is 4.98 Å². The normalized spacial score (nSPS) is 12.6. The molecule has 11 heteroatoms. The van der Waals surface area contributed by atoms with Crippen molar-refractivity contribution in [3.63, 3.8) is 0 Å². The lowest BCUT2D eigenvalue weighted by Gasteiger charge is -2.16. The number of nitrogens with zero attached hydrogens (tertiary/aromatic N) is 2. The zero-order chi connectivity index (χ0) is 20.7. The number of carbonyl (C=O) groups excluding carboxylic acids is 2.